The molecule has 0 saturated heterocycles. The first-order chi connectivity index (χ1) is 9.47. The molecule has 0 radical (unpaired) electrons. The van der Waals surface area contributed by atoms with Crippen LogP contribution in [0.25, 0.3) is 0 Å². The minimum atomic E-state index is -0.414. The molecule has 1 atom stereocenters. The van der Waals surface area contributed by atoms with Gasteiger partial charge in [-0.25, -0.2) is 8.78 Å². The Balaban J connectivity index is 2.46. The van der Waals surface area contributed by atoms with Crippen LogP contribution in [0, 0.1) is 11.6 Å². The molecule has 1 aromatic heterocycles. The Morgan fingerprint density at radius 3 is 2.40 bits per heavy atom. The first kappa shape index (κ1) is 14.9. The summed E-state index contributed by atoms with van der Waals surface area (Å²) in [6.45, 7) is 3.92. The molecule has 0 saturated carbocycles. The maximum absolute atomic E-state index is 13.5. The quantitative estimate of drug-likeness (QED) is 0.919. The summed E-state index contributed by atoms with van der Waals surface area (Å²) in [4.78, 5) is 4.06. The molecule has 0 spiro atoms. The summed E-state index contributed by atoms with van der Waals surface area (Å²) in [5.74, 6) is -0.788. The monoisotopic (exact) mass is 296 g/mol. The van der Waals surface area contributed by atoms with Gasteiger partial charge < -0.3 is 5.32 Å². The molecule has 2 rings (SSSR count). The van der Waals surface area contributed by atoms with Crippen LogP contribution in [0.3, 0.4) is 0 Å². The molecule has 106 valence electrons. The Hall–Kier alpha value is -1.52. The van der Waals surface area contributed by atoms with Gasteiger partial charge in [-0.05, 0) is 49.7 Å². The SMILES string of the molecule is CC(C)NC(c1ccc(F)cn1)c1cc(F)ccc1Cl. The van der Waals surface area contributed by atoms with Crippen LogP contribution < -0.4 is 5.32 Å². The van der Waals surface area contributed by atoms with E-state index in [-0.39, 0.29) is 11.9 Å². The van der Waals surface area contributed by atoms with E-state index in [1.54, 1.807) is 6.07 Å². The lowest BCUT2D eigenvalue weighted by Gasteiger charge is -2.22. The average Bonchev–Trinajstić information content (AvgIpc) is 2.40. The molecule has 5 heteroatoms. The van der Waals surface area contributed by atoms with Crippen LogP contribution in [-0.2, 0) is 0 Å². The van der Waals surface area contributed by atoms with Crippen LogP contribution >= 0.6 is 11.6 Å². The van der Waals surface area contributed by atoms with Crippen LogP contribution in [0.4, 0.5) is 8.78 Å². The lowest BCUT2D eigenvalue weighted by atomic mass is 10.0. The van der Waals surface area contributed by atoms with Crippen molar-refractivity contribution in [3.8, 4) is 0 Å². The van der Waals surface area contributed by atoms with Crippen LogP contribution in [0.2, 0.25) is 5.02 Å². The normalized spacial score (nSPS) is 12.7. The smallest absolute Gasteiger partial charge is 0.141 e. The van der Waals surface area contributed by atoms with Crippen LogP contribution in [-0.4, -0.2) is 11.0 Å². The Morgan fingerprint density at radius 2 is 1.80 bits per heavy atom. The zero-order chi connectivity index (χ0) is 14.7. The van der Waals surface area contributed by atoms with Gasteiger partial charge in [-0.2, -0.15) is 0 Å². The number of benzene rings is 1. The molecule has 1 N–H and O–H groups in total. The molecule has 0 aliphatic carbocycles. The van der Waals surface area contributed by atoms with E-state index in [2.05, 4.69) is 10.3 Å². The van der Waals surface area contributed by atoms with E-state index in [4.69, 9.17) is 11.6 Å². The summed E-state index contributed by atoms with van der Waals surface area (Å²) in [6.07, 6.45) is 1.14. The summed E-state index contributed by atoms with van der Waals surface area (Å²) < 4.78 is 26.4. The number of hydrogen-bond acceptors (Lipinski definition) is 2. The fourth-order valence-corrected chi connectivity index (χ4v) is 2.19. The molecule has 1 heterocycles. The van der Waals surface area contributed by atoms with E-state index in [1.807, 2.05) is 13.8 Å². The molecule has 1 aromatic carbocycles. The van der Waals surface area contributed by atoms with Crippen LogP contribution in [0.1, 0.15) is 31.1 Å². The molecule has 2 nitrogen and oxygen atoms in total. The fourth-order valence-electron chi connectivity index (χ4n) is 1.96. The van der Waals surface area contributed by atoms with Crippen molar-refractivity contribution in [3.05, 3.63) is 64.4 Å². The largest absolute Gasteiger partial charge is 0.303 e. The van der Waals surface area contributed by atoms with Crippen molar-refractivity contribution >= 4 is 11.6 Å². The zero-order valence-corrected chi connectivity index (χ0v) is 12.0. The van der Waals surface area contributed by atoms with Gasteiger partial charge in [-0.15, -0.1) is 0 Å². The Kier molecular flexibility index (Phi) is 4.68. The van der Waals surface area contributed by atoms with Crippen molar-refractivity contribution in [2.24, 2.45) is 0 Å². The van der Waals surface area contributed by atoms with E-state index in [9.17, 15) is 8.78 Å². The molecule has 0 amide bonds. The topological polar surface area (TPSA) is 24.9 Å². The first-order valence-corrected chi connectivity index (χ1v) is 6.67. The van der Waals surface area contributed by atoms with Gasteiger partial charge in [0.25, 0.3) is 0 Å². The lowest BCUT2D eigenvalue weighted by Crippen LogP contribution is -2.30. The van der Waals surface area contributed by atoms with Crippen molar-refractivity contribution < 1.29 is 8.78 Å². The number of hydrogen-bond donors (Lipinski definition) is 1. The zero-order valence-electron chi connectivity index (χ0n) is 11.2. The van der Waals surface area contributed by atoms with E-state index >= 15 is 0 Å². The second-order valence-corrected chi connectivity index (χ2v) is 5.23. The summed E-state index contributed by atoms with van der Waals surface area (Å²) >= 11 is 6.15. The van der Waals surface area contributed by atoms with Crippen molar-refractivity contribution in [3.63, 3.8) is 0 Å². The summed E-state index contributed by atoms with van der Waals surface area (Å²) in [6, 6.07) is 6.81. The second-order valence-electron chi connectivity index (χ2n) is 4.82. The van der Waals surface area contributed by atoms with Gasteiger partial charge in [0.05, 0.1) is 17.9 Å². The third-order valence-electron chi connectivity index (χ3n) is 2.82. The van der Waals surface area contributed by atoms with Crippen LogP contribution in [0.5, 0.6) is 0 Å². The predicted molar refractivity (Wildman–Crippen MR) is 75.7 cm³/mol. The maximum Gasteiger partial charge on any atom is 0.141 e. The standard InChI is InChI=1S/C15H15ClF2N2/c1-9(2)20-15(14-6-4-11(18)8-19-14)12-7-10(17)3-5-13(12)16/h3-9,15,20H,1-2H3. The van der Waals surface area contributed by atoms with Gasteiger partial charge in [0.2, 0.25) is 0 Å². The van der Waals surface area contributed by atoms with Gasteiger partial charge in [0.15, 0.2) is 0 Å². The summed E-state index contributed by atoms with van der Waals surface area (Å²) in [7, 11) is 0. The van der Waals surface area contributed by atoms with E-state index in [0.29, 0.717) is 16.3 Å². The summed E-state index contributed by atoms with van der Waals surface area (Å²) in [5, 5.41) is 3.70. The highest BCUT2D eigenvalue weighted by atomic mass is 35.5. The van der Waals surface area contributed by atoms with Gasteiger partial charge in [0.1, 0.15) is 11.6 Å². The van der Waals surface area contributed by atoms with Gasteiger partial charge in [-0.3, -0.25) is 4.98 Å². The average molecular weight is 297 g/mol. The minimum absolute atomic E-state index is 0.131. The third-order valence-corrected chi connectivity index (χ3v) is 3.16. The van der Waals surface area contributed by atoms with E-state index in [0.717, 1.165) is 6.20 Å². The first-order valence-electron chi connectivity index (χ1n) is 6.30. The molecule has 0 fully saturated rings. The lowest BCUT2D eigenvalue weighted by molar-refractivity contribution is 0.514. The minimum Gasteiger partial charge on any atom is -0.303 e. The molecule has 0 aliphatic rings. The predicted octanol–water partition coefficient (Wildman–Crippen LogP) is 4.10. The molecule has 1 unspecified atom stereocenters. The van der Waals surface area contributed by atoms with Gasteiger partial charge >= 0.3 is 0 Å². The highest BCUT2D eigenvalue weighted by Crippen LogP contribution is 2.28. The molecular weight excluding hydrogens is 282 g/mol. The Bertz CT molecular complexity index is 585. The number of nitrogens with one attached hydrogen (secondary N) is 1. The van der Waals surface area contributed by atoms with Crippen molar-refractivity contribution in [2.45, 2.75) is 25.9 Å². The van der Waals surface area contributed by atoms with Gasteiger partial charge in [0, 0.05) is 11.1 Å². The molecular formula is C15H15ClF2N2. The highest BCUT2D eigenvalue weighted by Gasteiger charge is 2.19. The molecule has 0 aliphatic heterocycles. The summed E-state index contributed by atoms with van der Waals surface area (Å²) in [5.41, 5.74) is 1.17. The molecule has 20 heavy (non-hydrogen) atoms. The number of halogens is 3. The third kappa shape index (κ3) is 3.52. The van der Waals surface area contributed by atoms with E-state index < -0.39 is 11.9 Å². The Morgan fingerprint density at radius 1 is 1.10 bits per heavy atom. The number of aromatic nitrogens is 1. The fraction of sp³-hybridized carbons (Fsp3) is 0.267. The molecule has 0 bridgehead atoms. The van der Waals surface area contributed by atoms with E-state index in [1.165, 1.54) is 24.3 Å². The van der Waals surface area contributed by atoms with Crippen molar-refractivity contribution in [1.82, 2.24) is 10.3 Å². The highest BCUT2D eigenvalue weighted by molar-refractivity contribution is 6.31. The van der Waals surface area contributed by atoms with Crippen molar-refractivity contribution in [2.75, 3.05) is 0 Å². The number of rotatable bonds is 4. The second kappa shape index (κ2) is 6.29. The molecule has 2 aromatic rings. The Labute approximate surface area is 121 Å². The maximum atomic E-state index is 13.5. The van der Waals surface area contributed by atoms with Gasteiger partial charge in [-0.1, -0.05) is 11.6 Å². The number of pyridine rings is 1. The van der Waals surface area contributed by atoms with Crippen molar-refractivity contribution in [1.29, 1.82) is 0 Å². The van der Waals surface area contributed by atoms with Crippen LogP contribution in [0.15, 0.2) is 36.5 Å². The number of nitrogens with zero attached hydrogens (tertiary/aromatic N) is 1.